The van der Waals surface area contributed by atoms with Gasteiger partial charge in [0, 0.05) is 11.4 Å². The van der Waals surface area contributed by atoms with Crippen molar-refractivity contribution in [2.45, 2.75) is 45.2 Å². The van der Waals surface area contributed by atoms with E-state index >= 15 is 0 Å². The van der Waals surface area contributed by atoms with Crippen molar-refractivity contribution in [2.24, 2.45) is 0 Å². The molecular formula is C14H18N6OS2. The third kappa shape index (κ3) is 3.30. The van der Waals surface area contributed by atoms with Crippen molar-refractivity contribution in [1.29, 1.82) is 0 Å². The molecule has 0 aromatic carbocycles. The minimum absolute atomic E-state index is 0.0525. The van der Waals surface area contributed by atoms with Gasteiger partial charge in [-0.1, -0.05) is 6.92 Å². The van der Waals surface area contributed by atoms with E-state index in [1.807, 2.05) is 18.5 Å². The van der Waals surface area contributed by atoms with Crippen molar-refractivity contribution in [3.8, 4) is 0 Å². The van der Waals surface area contributed by atoms with E-state index in [4.69, 9.17) is 0 Å². The normalized spacial score (nSPS) is 11.4. The number of thioether (sulfide) groups is 1. The Kier molecular flexibility index (Phi) is 4.76. The number of thiophene rings is 1. The van der Waals surface area contributed by atoms with Crippen LogP contribution < -0.4 is 5.56 Å². The molecule has 0 unspecified atom stereocenters. The first-order chi connectivity index (χ1) is 11.1. The molecule has 9 heteroatoms. The van der Waals surface area contributed by atoms with Crippen LogP contribution in [0.4, 0.5) is 0 Å². The van der Waals surface area contributed by atoms with E-state index in [0.717, 1.165) is 34.1 Å². The molecule has 0 saturated carbocycles. The van der Waals surface area contributed by atoms with Gasteiger partial charge in [-0.2, -0.15) is 0 Å². The second kappa shape index (κ2) is 6.79. The summed E-state index contributed by atoms with van der Waals surface area (Å²) in [6.45, 7) is 6.89. The second-order valence-corrected chi connectivity index (χ2v) is 7.48. The molecule has 0 atom stereocenters. The number of hydrogen-bond acceptors (Lipinski definition) is 7. The number of tetrazole rings is 1. The molecule has 0 saturated heterocycles. The molecule has 1 N–H and O–H groups in total. The average Bonchev–Trinajstić information content (AvgIpc) is 3.05. The highest BCUT2D eigenvalue weighted by atomic mass is 32.2. The molecule has 3 heterocycles. The lowest BCUT2D eigenvalue weighted by Crippen LogP contribution is -2.11. The monoisotopic (exact) mass is 350 g/mol. The van der Waals surface area contributed by atoms with Crippen LogP contribution in [0.25, 0.3) is 10.2 Å². The molecule has 0 aliphatic carbocycles. The minimum Gasteiger partial charge on any atom is -0.309 e. The van der Waals surface area contributed by atoms with Crippen molar-refractivity contribution in [2.75, 3.05) is 0 Å². The van der Waals surface area contributed by atoms with Crippen LogP contribution in [-0.2, 0) is 18.1 Å². The summed E-state index contributed by atoms with van der Waals surface area (Å²) in [5, 5.41) is 12.4. The fourth-order valence-electron chi connectivity index (χ4n) is 2.32. The number of aromatic nitrogens is 6. The summed E-state index contributed by atoms with van der Waals surface area (Å²) < 4.78 is 1.82. The SMILES string of the molecule is CCCn1nnnc1CSCc1nc2sc(C)c(C)c2c(=O)[nH]1. The molecule has 0 aliphatic rings. The maximum Gasteiger partial charge on any atom is 0.259 e. The summed E-state index contributed by atoms with van der Waals surface area (Å²) in [6, 6.07) is 0. The summed E-state index contributed by atoms with van der Waals surface area (Å²) in [5.74, 6) is 2.86. The molecule has 0 fully saturated rings. The topological polar surface area (TPSA) is 89.3 Å². The van der Waals surface area contributed by atoms with Gasteiger partial charge in [0.05, 0.1) is 16.9 Å². The van der Waals surface area contributed by atoms with Crippen molar-refractivity contribution in [3.05, 3.63) is 32.4 Å². The molecule has 3 rings (SSSR count). The highest BCUT2D eigenvalue weighted by Gasteiger charge is 2.12. The zero-order valence-electron chi connectivity index (χ0n) is 13.3. The zero-order valence-corrected chi connectivity index (χ0v) is 14.9. The Hall–Kier alpha value is -1.74. The van der Waals surface area contributed by atoms with Crippen LogP contribution >= 0.6 is 23.1 Å². The van der Waals surface area contributed by atoms with E-state index in [2.05, 4.69) is 32.4 Å². The molecule has 0 bridgehead atoms. The van der Waals surface area contributed by atoms with E-state index in [-0.39, 0.29) is 5.56 Å². The Morgan fingerprint density at radius 1 is 1.30 bits per heavy atom. The van der Waals surface area contributed by atoms with Crippen LogP contribution in [0.5, 0.6) is 0 Å². The predicted molar refractivity (Wildman–Crippen MR) is 92.8 cm³/mol. The van der Waals surface area contributed by atoms with Gasteiger partial charge < -0.3 is 4.98 Å². The summed E-state index contributed by atoms with van der Waals surface area (Å²) in [4.78, 5) is 21.6. The first kappa shape index (κ1) is 16.1. The Morgan fingerprint density at radius 3 is 2.91 bits per heavy atom. The van der Waals surface area contributed by atoms with E-state index in [0.29, 0.717) is 22.7 Å². The van der Waals surface area contributed by atoms with Gasteiger partial charge in [-0.15, -0.1) is 28.2 Å². The van der Waals surface area contributed by atoms with Crippen molar-refractivity contribution >= 4 is 33.3 Å². The van der Waals surface area contributed by atoms with Crippen LogP contribution in [-0.4, -0.2) is 30.2 Å². The van der Waals surface area contributed by atoms with Crippen molar-refractivity contribution in [1.82, 2.24) is 30.2 Å². The number of H-pyrrole nitrogens is 1. The Labute approximate surface area is 141 Å². The third-order valence-corrected chi connectivity index (χ3v) is 5.64. The highest BCUT2D eigenvalue weighted by molar-refractivity contribution is 7.97. The molecule has 0 amide bonds. The van der Waals surface area contributed by atoms with Gasteiger partial charge in [0.25, 0.3) is 5.56 Å². The van der Waals surface area contributed by atoms with E-state index in [9.17, 15) is 4.79 Å². The number of nitrogens with one attached hydrogen (secondary N) is 1. The minimum atomic E-state index is -0.0525. The van der Waals surface area contributed by atoms with Crippen LogP contribution in [0.2, 0.25) is 0 Å². The summed E-state index contributed by atoms with van der Waals surface area (Å²) in [7, 11) is 0. The standard InChI is InChI=1S/C14H18N6OS2/c1-4-5-20-11(17-18-19-20)7-22-6-10-15-13(21)12-8(2)9(3)23-14(12)16-10/h4-7H2,1-3H3,(H,15,16,21). The Balaban J connectivity index is 1.72. The first-order valence-electron chi connectivity index (χ1n) is 7.41. The Bertz CT molecular complexity index is 881. The largest absolute Gasteiger partial charge is 0.309 e. The molecule has 7 nitrogen and oxygen atoms in total. The van der Waals surface area contributed by atoms with Crippen LogP contribution in [0, 0.1) is 13.8 Å². The fraction of sp³-hybridized carbons (Fsp3) is 0.500. The maximum atomic E-state index is 12.2. The third-order valence-electron chi connectivity index (χ3n) is 3.60. The molecular weight excluding hydrogens is 332 g/mol. The van der Waals surface area contributed by atoms with Gasteiger partial charge in [-0.05, 0) is 36.3 Å². The molecule has 3 aromatic heterocycles. The van der Waals surface area contributed by atoms with Gasteiger partial charge in [0.2, 0.25) is 0 Å². The number of aromatic amines is 1. The zero-order chi connectivity index (χ0) is 16.4. The van der Waals surface area contributed by atoms with Crippen LogP contribution in [0.15, 0.2) is 4.79 Å². The number of aryl methyl sites for hydroxylation is 3. The summed E-state index contributed by atoms with van der Waals surface area (Å²) in [5.41, 5.74) is 0.972. The number of rotatable bonds is 6. The lowest BCUT2D eigenvalue weighted by molar-refractivity contribution is 0.564. The van der Waals surface area contributed by atoms with Crippen molar-refractivity contribution < 1.29 is 0 Å². The number of hydrogen-bond donors (Lipinski definition) is 1. The van der Waals surface area contributed by atoms with E-state index in [1.54, 1.807) is 23.1 Å². The highest BCUT2D eigenvalue weighted by Crippen LogP contribution is 2.26. The predicted octanol–water partition coefficient (Wildman–Crippen LogP) is 2.43. The van der Waals surface area contributed by atoms with Crippen LogP contribution in [0.1, 0.15) is 35.4 Å². The first-order valence-corrected chi connectivity index (χ1v) is 9.39. The lowest BCUT2D eigenvalue weighted by atomic mass is 10.2. The summed E-state index contributed by atoms with van der Waals surface area (Å²) >= 11 is 3.21. The van der Waals surface area contributed by atoms with Gasteiger partial charge in [-0.3, -0.25) is 4.79 Å². The molecule has 23 heavy (non-hydrogen) atoms. The van der Waals surface area contributed by atoms with Gasteiger partial charge >= 0.3 is 0 Å². The maximum absolute atomic E-state index is 12.2. The van der Waals surface area contributed by atoms with Crippen LogP contribution in [0.3, 0.4) is 0 Å². The fourth-order valence-corrected chi connectivity index (χ4v) is 4.19. The van der Waals surface area contributed by atoms with Gasteiger partial charge in [0.15, 0.2) is 5.82 Å². The molecule has 0 spiro atoms. The van der Waals surface area contributed by atoms with E-state index in [1.165, 1.54) is 0 Å². The van der Waals surface area contributed by atoms with Crippen molar-refractivity contribution in [3.63, 3.8) is 0 Å². The average molecular weight is 350 g/mol. The van der Waals surface area contributed by atoms with Gasteiger partial charge in [-0.25, -0.2) is 9.67 Å². The van der Waals surface area contributed by atoms with Gasteiger partial charge in [0.1, 0.15) is 10.7 Å². The second-order valence-electron chi connectivity index (χ2n) is 5.29. The quantitative estimate of drug-likeness (QED) is 0.734. The number of nitrogens with zero attached hydrogens (tertiary/aromatic N) is 5. The lowest BCUT2D eigenvalue weighted by Gasteiger charge is -2.03. The smallest absolute Gasteiger partial charge is 0.259 e. The van der Waals surface area contributed by atoms with E-state index < -0.39 is 0 Å². The number of fused-ring (bicyclic) bond motifs is 1. The molecule has 3 aromatic rings. The summed E-state index contributed by atoms with van der Waals surface area (Å²) in [6.07, 6.45) is 0.991. The molecule has 122 valence electrons. The Morgan fingerprint density at radius 2 is 2.13 bits per heavy atom. The molecule has 0 radical (unpaired) electrons. The molecule has 0 aliphatic heterocycles.